The van der Waals surface area contributed by atoms with Crippen LogP contribution < -0.4 is 5.32 Å². The summed E-state index contributed by atoms with van der Waals surface area (Å²) < 4.78 is 5.66. The normalized spacial score (nSPS) is 12.2. The molecule has 0 saturated heterocycles. The van der Waals surface area contributed by atoms with Crippen LogP contribution in [-0.2, 0) is 19.1 Å². The summed E-state index contributed by atoms with van der Waals surface area (Å²) in [5.74, 6) is -0.0993. The number of carbonyl (C=O) groups is 3. The predicted molar refractivity (Wildman–Crippen MR) is 157 cm³/mol. The number of hydrogen-bond acceptors (Lipinski definition) is 4. The first-order chi connectivity index (χ1) is 18.2. The van der Waals surface area contributed by atoms with Gasteiger partial charge in [0.1, 0.15) is 12.6 Å². The standard InChI is InChI=1S/C32H61NO5/c1-27(2)21-17-13-9-5-7-11-15-19-23-29(25-30(34)33-26-31(35)36)38-32(37)24-20-16-12-8-6-10-14-18-22-28(3)4/h27-29H,5-26H2,1-4H3,(H,33,34)(H,35,36). The summed E-state index contributed by atoms with van der Waals surface area (Å²) in [5, 5.41) is 11.2. The lowest BCUT2D eigenvalue weighted by Crippen LogP contribution is -2.33. The first kappa shape index (κ1) is 36.4. The minimum Gasteiger partial charge on any atom is -0.480 e. The molecule has 6 heteroatoms. The van der Waals surface area contributed by atoms with E-state index in [2.05, 4.69) is 33.0 Å². The van der Waals surface area contributed by atoms with Crippen molar-refractivity contribution in [1.29, 1.82) is 0 Å². The SMILES string of the molecule is CC(C)CCCCCCCCCCC(=O)OC(CCCCCCCCCCC(C)C)CC(=O)NCC(=O)O. The molecule has 0 spiro atoms. The Balaban J connectivity index is 4.10. The Kier molecular flexibility index (Phi) is 24.6. The zero-order valence-corrected chi connectivity index (χ0v) is 25.4. The monoisotopic (exact) mass is 539 g/mol. The number of amides is 1. The van der Waals surface area contributed by atoms with Crippen LogP contribution in [0.15, 0.2) is 0 Å². The lowest BCUT2D eigenvalue weighted by atomic mass is 10.0. The van der Waals surface area contributed by atoms with Gasteiger partial charge in [-0.05, 0) is 31.1 Å². The largest absolute Gasteiger partial charge is 0.480 e. The molecule has 0 rings (SSSR count). The summed E-state index contributed by atoms with van der Waals surface area (Å²) >= 11 is 0. The second-order valence-electron chi connectivity index (χ2n) is 12.0. The Labute approximate surface area is 234 Å². The molecule has 1 unspecified atom stereocenters. The number of aliphatic carboxylic acids is 1. The van der Waals surface area contributed by atoms with Gasteiger partial charge in [0.15, 0.2) is 0 Å². The second kappa shape index (κ2) is 25.7. The molecule has 0 aromatic heterocycles. The smallest absolute Gasteiger partial charge is 0.322 e. The third-order valence-corrected chi connectivity index (χ3v) is 7.12. The van der Waals surface area contributed by atoms with Crippen LogP contribution in [0, 0.1) is 11.8 Å². The minimum atomic E-state index is -1.08. The maximum atomic E-state index is 12.4. The molecule has 6 nitrogen and oxygen atoms in total. The van der Waals surface area contributed by atoms with E-state index < -0.39 is 18.6 Å². The molecule has 0 saturated carbocycles. The first-order valence-corrected chi connectivity index (χ1v) is 15.9. The minimum absolute atomic E-state index is 0.0334. The van der Waals surface area contributed by atoms with E-state index in [4.69, 9.17) is 9.84 Å². The van der Waals surface area contributed by atoms with Crippen molar-refractivity contribution in [3.05, 3.63) is 0 Å². The summed E-state index contributed by atoms with van der Waals surface area (Å²) in [7, 11) is 0. The van der Waals surface area contributed by atoms with Crippen LogP contribution in [0.1, 0.15) is 163 Å². The highest BCUT2D eigenvalue weighted by Gasteiger charge is 2.18. The van der Waals surface area contributed by atoms with Crippen LogP contribution in [0.25, 0.3) is 0 Å². The fourth-order valence-electron chi connectivity index (χ4n) is 4.77. The van der Waals surface area contributed by atoms with Gasteiger partial charge in [0, 0.05) is 6.42 Å². The number of esters is 1. The van der Waals surface area contributed by atoms with E-state index in [1.165, 1.54) is 77.0 Å². The third kappa shape index (κ3) is 27.4. The van der Waals surface area contributed by atoms with Gasteiger partial charge < -0.3 is 15.2 Å². The van der Waals surface area contributed by atoms with Crippen LogP contribution in [0.2, 0.25) is 0 Å². The van der Waals surface area contributed by atoms with E-state index in [0.717, 1.165) is 50.4 Å². The Hall–Kier alpha value is -1.59. The van der Waals surface area contributed by atoms with Gasteiger partial charge in [-0.1, -0.05) is 130 Å². The van der Waals surface area contributed by atoms with Gasteiger partial charge in [0.25, 0.3) is 0 Å². The summed E-state index contributed by atoms with van der Waals surface area (Å²) in [6, 6.07) is 0. The summed E-state index contributed by atoms with van der Waals surface area (Å²) in [6.07, 6.45) is 22.3. The van der Waals surface area contributed by atoms with E-state index in [1.54, 1.807) is 0 Å². The molecule has 0 aliphatic rings. The van der Waals surface area contributed by atoms with E-state index in [1.807, 2.05) is 0 Å². The maximum Gasteiger partial charge on any atom is 0.322 e. The molecule has 0 aliphatic heterocycles. The zero-order chi connectivity index (χ0) is 28.4. The number of carbonyl (C=O) groups excluding carboxylic acids is 2. The van der Waals surface area contributed by atoms with Crippen molar-refractivity contribution in [3.63, 3.8) is 0 Å². The summed E-state index contributed by atoms with van der Waals surface area (Å²) in [4.78, 5) is 35.3. The predicted octanol–water partition coefficient (Wildman–Crippen LogP) is 8.60. The topological polar surface area (TPSA) is 92.7 Å². The molecule has 224 valence electrons. The first-order valence-electron chi connectivity index (χ1n) is 15.9. The van der Waals surface area contributed by atoms with Gasteiger partial charge in [-0.15, -0.1) is 0 Å². The zero-order valence-electron chi connectivity index (χ0n) is 25.4. The van der Waals surface area contributed by atoms with Crippen molar-refractivity contribution in [1.82, 2.24) is 5.32 Å². The van der Waals surface area contributed by atoms with E-state index in [0.29, 0.717) is 12.8 Å². The quantitative estimate of drug-likeness (QED) is 0.0805. The highest BCUT2D eigenvalue weighted by atomic mass is 16.5. The molecular weight excluding hydrogens is 478 g/mol. The third-order valence-electron chi connectivity index (χ3n) is 7.12. The molecule has 1 amide bonds. The summed E-state index contributed by atoms with van der Waals surface area (Å²) in [5.41, 5.74) is 0. The van der Waals surface area contributed by atoms with Gasteiger partial charge in [-0.25, -0.2) is 0 Å². The number of rotatable bonds is 27. The fourth-order valence-corrected chi connectivity index (χ4v) is 4.77. The van der Waals surface area contributed by atoms with Gasteiger partial charge in [0.05, 0.1) is 6.42 Å². The molecule has 0 heterocycles. The highest BCUT2D eigenvalue weighted by molar-refractivity contribution is 5.81. The molecule has 2 N–H and O–H groups in total. The molecule has 0 fully saturated rings. The fraction of sp³-hybridized carbons (Fsp3) is 0.906. The Bertz CT molecular complexity index is 590. The van der Waals surface area contributed by atoms with Crippen LogP contribution in [0.3, 0.4) is 0 Å². The van der Waals surface area contributed by atoms with Crippen molar-refractivity contribution in [2.75, 3.05) is 6.54 Å². The average molecular weight is 540 g/mol. The average Bonchev–Trinajstić information content (AvgIpc) is 2.84. The number of hydrogen-bond donors (Lipinski definition) is 2. The molecular formula is C32H61NO5. The second-order valence-corrected chi connectivity index (χ2v) is 12.0. The molecule has 38 heavy (non-hydrogen) atoms. The molecule has 1 atom stereocenters. The number of carboxylic acids is 1. The van der Waals surface area contributed by atoms with Gasteiger partial charge in [-0.3, -0.25) is 14.4 Å². The maximum absolute atomic E-state index is 12.4. The Morgan fingerprint density at radius 2 is 1.00 bits per heavy atom. The number of unbranched alkanes of at least 4 members (excludes halogenated alkanes) is 14. The van der Waals surface area contributed by atoms with Gasteiger partial charge in [0.2, 0.25) is 5.91 Å². The Morgan fingerprint density at radius 1 is 0.605 bits per heavy atom. The summed E-state index contributed by atoms with van der Waals surface area (Å²) in [6.45, 7) is 8.70. The lowest BCUT2D eigenvalue weighted by Gasteiger charge is -2.18. The van der Waals surface area contributed by atoms with Crippen LogP contribution in [0.4, 0.5) is 0 Å². The number of ether oxygens (including phenoxy) is 1. The molecule has 0 aromatic carbocycles. The number of nitrogens with one attached hydrogen (secondary N) is 1. The molecule has 0 radical (unpaired) electrons. The molecule has 0 aliphatic carbocycles. The van der Waals surface area contributed by atoms with E-state index in [-0.39, 0.29) is 18.3 Å². The van der Waals surface area contributed by atoms with Gasteiger partial charge >= 0.3 is 11.9 Å². The van der Waals surface area contributed by atoms with Gasteiger partial charge in [-0.2, -0.15) is 0 Å². The van der Waals surface area contributed by atoms with Crippen LogP contribution in [0.5, 0.6) is 0 Å². The van der Waals surface area contributed by atoms with Crippen molar-refractivity contribution in [2.24, 2.45) is 11.8 Å². The van der Waals surface area contributed by atoms with Crippen molar-refractivity contribution >= 4 is 17.8 Å². The van der Waals surface area contributed by atoms with Crippen molar-refractivity contribution in [2.45, 2.75) is 169 Å². The van der Waals surface area contributed by atoms with Crippen molar-refractivity contribution < 1.29 is 24.2 Å². The highest BCUT2D eigenvalue weighted by Crippen LogP contribution is 2.17. The molecule has 0 bridgehead atoms. The van der Waals surface area contributed by atoms with Crippen LogP contribution >= 0.6 is 0 Å². The Morgan fingerprint density at radius 3 is 1.42 bits per heavy atom. The van der Waals surface area contributed by atoms with Crippen LogP contribution in [-0.4, -0.2) is 35.6 Å². The van der Waals surface area contributed by atoms with E-state index in [9.17, 15) is 14.4 Å². The molecule has 0 aromatic rings. The number of carboxylic acid groups (broad SMARTS) is 1. The van der Waals surface area contributed by atoms with Crippen molar-refractivity contribution in [3.8, 4) is 0 Å². The van der Waals surface area contributed by atoms with E-state index >= 15 is 0 Å². The lowest BCUT2D eigenvalue weighted by molar-refractivity contribution is -0.151.